The van der Waals surface area contributed by atoms with Gasteiger partial charge in [0.25, 0.3) is 0 Å². The molecule has 0 saturated carbocycles. The molecule has 1 aliphatic rings. The number of aliphatic imine (C=N–C) groups is 1. The average Bonchev–Trinajstić information content (AvgIpc) is 2.74. The van der Waals surface area contributed by atoms with Crippen molar-refractivity contribution in [2.45, 2.75) is 6.42 Å². The van der Waals surface area contributed by atoms with E-state index in [9.17, 15) is 0 Å². The van der Waals surface area contributed by atoms with Gasteiger partial charge < -0.3 is 0 Å². The second-order valence-electron chi connectivity index (χ2n) is 3.30. The monoisotopic (exact) mass is 403 g/mol. The van der Waals surface area contributed by atoms with Crippen LogP contribution < -0.4 is 0 Å². The Balaban J connectivity index is 0.000000963. The van der Waals surface area contributed by atoms with Gasteiger partial charge >= 0.3 is 0 Å². The van der Waals surface area contributed by atoms with Crippen LogP contribution in [-0.4, -0.2) is 6.21 Å². The molecule has 1 aromatic carbocycles. The first-order chi connectivity index (χ1) is 7.43. The number of hydrogen-bond acceptors (Lipinski definition) is 2. The molecule has 16 heavy (non-hydrogen) atoms. The first kappa shape index (κ1) is 11.5. The smallest absolute Gasteiger partial charge is 0.0467 e. The largest absolute Gasteiger partial charge is 0.299 e. The molecule has 0 saturated heterocycles. The molecule has 0 atom stereocenters. The minimum absolute atomic E-state index is 0. The average molecular weight is 402 g/mol. The summed E-state index contributed by atoms with van der Waals surface area (Å²) >= 11 is 1.71. The number of allylic oxidation sites excluding steroid dienone is 1. The van der Waals surface area contributed by atoms with Crippen LogP contribution in [0.5, 0.6) is 0 Å². The molecule has 0 bridgehead atoms. The summed E-state index contributed by atoms with van der Waals surface area (Å²) in [5.74, 6) is 0. The van der Waals surface area contributed by atoms with Crippen LogP contribution in [0.15, 0.2) is 41.1 Å². The van der Waals surface area contributed by atoms with Crippen molar-refractivity contribution in [3.8, 4) is 0 Å². The third kappa shape index (κ3) is 2.09. The Labute approximate surface area is 112 Å². The van der Waals surface area contributed by atoms with Crippen molar-refractivity contribution in [1.82, 2.24) is 0 Å². The molecule has 2 aromatic rings. The van der Waals surface area contributed by atoms with Crippen molar-refractivity contribution in [1.29, 1.82) is 0 Å². The van der Waals surface area contributed by atoms with E-state index in [0.717, 1.165) is 22.4 Å². The first-order valence-electron chi connectivity index (χ1n) is 4.82. The minimum atomic E-state index is 0. The van der Waals surface area contributed by atoms with Gasteiger partial charge in [0.05, 0.1) is 0 Å². The van der Waals surface area contributed by atoms with E-state index >= 15 is 0 Å². The summed E-state index contributed by atoms with van der Waals surface area (Å²) in [6.45, 7) is 0. The number of hydrogen-bond donors (Lipinski definition) is 0. The van der Waals surface area contributed by atoms with Gasteiger partial charge in [-0.25, -0.2) is 11.3 Å². The van der Waals surface area contributed by atoms with Gasteiger partial charge in [0.15, 0.2) is 0 Å². The van der Waals surface area contributed by atoms with Crippen LogP contribution >= 0.6 is 11.3 Å². The Hall–Kier alpha value is -0.981. The van der Waals surface area contributed by atoms with Gasteiger partial charge in [-0.3, -0.25) is 4.99 Å². The second-order valence-corrected chi connectivity index (χ2v) is 4.35. The molecule has 1 aromatic heterocycles. The third-order valence-corrected chi connectivity index (χ3v) is 3.32. The maximum Gasteiger partial charge on any atom is 0.0467 e. The van der Waals surface area contributed by atoms with Gasteiger partial charge in [0.1, 0.15) is 0 Å². The molecular weight excluding hydrogens is 394 g/mol. The number of fused-ring (bicyclic) bond motifs is 1. The van der Waals surface area contributed by atoms with Crippen LogP contribution in [0.2, 0.25) is 0 Å². The quantitative estimate of drug-likeness (QED) is 0.510. The summed E-state index contributed by atoms with van der Waals surface area (Å²) in [5.41, 5.74) is 4.07. The topological polar surface area (TPSA) is 12.4 Å². The second kappa shape index (κ2) is 4.90. The minimum Gasteiger partial charge on any atom is -0.299 e. The molecular formula is C13H8IrNS-. The Morgan fingerprint density at radius 2 is 2.19 bits per heavy atom. The molecule has 3 heteroatoms. The standard InChI is InChI=1S/C13H8NS.Ir/c1-2-7-12-10(5-1)9-13(15-12)11-6-3-4-8-14-11;/h1-3,5,7-8H,4H2;/q-1;. The fourth-order valence-electron chi connectivity index (χ4n) is 1.54. The van der Waals surface area contributed by atoms with Crippen LogP contribution in [0.4, 0.5) is 0 Å². The van der Waals surface area contributed by atoms with Gasteiger partial charge in [-0.1, -0.05) is 12.1 Å². The van der Waals surface area contributed by atoms with E-state index in [1.54, 1.807) is 11.3 Å². The Morgan fingerprint density at radius 1 is 1.31 bits per heavy atom. The number of nitrogens with zero attached hydrogens (tertiary/aromatic N) is 1. The van der Waals surface area contributed by atoms with Crippen molar-refractivity contribution < 1.29 is 20.1 Å². The van der Waals surface area contributed by atoms with E-state index in [2.05, 4.69) is 28.9 Å². The van der Waals surface area contributed by atoms with Crippen molar-refractivity contribution >= 4 is 33.3 Å². The van der Waals surface area contributed by atoms with Crippen LogP contribution in [0, 0.1) is 6.07 Å². The van der Waals surface area contributed by atoms with E-state index in [-0.39, 0.29) is 20.1 Å². The molecule has 0 aliphatic carbocycles. The van der Waals surface area contributed by atoms with Crippen molar-refractivity contribution in [3.05, 3.63) is 47.0 Å². The fourth-order valence-corrected chi connectivity index (χ4v) is 2.50. The van der Waals surface area contributed by atoms with Crippen molar-refractivity contribution in [2.75, 3.05) is 0 Å². The molecule has 0 fully saturated rings. The number of benzene rings is 1. The van der Waals surface area contributed by atoms with E-state index < -0.39 is 0 Å². The molecule has 0 unspecified atom stereocenters. The van der Waals surface area contributed by atoms with Crippen LogP contribution in [-0.2, 0) is 20.1 Å². The molecule has 0 N–H and O–H groups in total. The summed E-state index contributed by atoms with van der Waals surface area (Å²) < 4.78 is 1.25. The normalized spacial score (nSPS) is 13.6. The summed E-state index contributed by atoms with van der Waals surface area (Å²) in [4.78, 5) is 5.40. The summed E-state index contributed by atoms with van der Waals surface area (Å²) in [7, 11) is 0. The van der Waals surface area contributed by atoms with Gasteiger partial charge in [0, 0.05) is 32.2 Å². The van der Waals surface area contributed by atoms with Crippen LogP contribution in [0.3, 0.4) is 0 Å². The summed E-state index contributed by atoms with van der Waals surface area (Å²) in [6.07, 6.45) is 4.79. The zero-order valence-electron chi connectivity index (χ0n) is 8.36. The van der Waals surface area contributed by atoms with Crippen LogP contribution in [0.1, 0.15) is 11.3 Å². The molecule has 3 rings (SSSR count). The Morgan fingerprint density at radius 3 is 2.94 bits per heavy atom. The first-order valence-corrected chi connectivity index (χ1v) is 5.64. The van der Waals surface area contributed by atoms with Crippen LogP contribution in [0.25, 0.3) is 15.8 Å². The molecule has 1 aliphatic heterocycles. The number of thiophene rings is 1. The molecule has 0 spiro atoms. The molecule has 1 radical (unpaired) electrons. The maximum absolute atomic E-state index is 4.32. The van der Waals surface area contributed by atoms with E-state index in [4.69, 9.17) is 0 Å². The molecule has 2 heterocycles. The third-order valence-electron chi connectivity index (χ3n) is 2.24. The van der Waals surface area contributed by atoms with E-state index in [1.165, 1.54) is 4.70 Å². The summed E-state index contributed by atoms with van der Waals surface area (Å²) in [5, 5.41) is 1.16. The van der Waals surface area contributed by atoms with Gasteiger partial charge in [-0.2, -0.15) is 0 Å². The zero-order valence-corrected chi connectivity index (χ0v) is 11.6. The SMILES string of the molecule is C1=CCC=NC=1c1[c-]c2ccccc2s1.[Ir]. The Kier molecular flexibility index (Phi) is 3.52. The predicted octanol–water partition coefficient (Wildman–Crippen LogP) is 3.67. The predicted molar refractivity (Wildman–Crippen MR) is 65.3 cm³/mol. The Bertz CT molecular complexity index is 570. The zero-order chi connectivity index (χ0) is 10.1. The van der Waals surface area contributed by atoms with Gasteiger partial charge in [-0.15, -0.1) is 29.3 Å². The van der Waals surface area contributed by atoms with Crippen molar-refractivity contribution in [3.63, 3.8) is 0 Å². The van der Waals surface area contributed by atoms with E-state index in [0.29, 0.717) is 0 Å². The summed E-state index contributed by atoms with van der Waals surface area (Å²) in [6, 6.07) is 11.6. The van der Waals surface area contributed by atoms with Gasteiger partial charge in [0.2, 0.25) is 0 Å². The van der Waals surface area contributed by atoms with Crippen molar-refractivity contribution in [2.24, 2.45) is 4.99 Å². The van der Waals surface area contributed by atoms with Gasteiger partial charge in [-0.05, 0) is 21.9 Å². The van der Waals surface area contributed by atoms with E-state index in [1.807, 2.05) is 24.4 Å². The number of rotatable bonds is 1. The molecule has 1 nitrogen and oxygen atoms in total. The fraction of sp³-hybridized carbons (Fsp3) is 0.0769. The molecule has 81 valence electrons. The maximum atomic E-state index is 4.32. The molecule has 0 amide bonds.